The second-order valence-electron chi connectivity index (χ2n) is 10.3. The molecule has 2 saturated heterocycles. The molecule has 0 radical (unpaired) electrons. The van der Waals surface area contributed by atoms with E-state index in [-0.39, 0.29) is 11.0 Å². The van der Waals surface area contributed by atoms with E-state index in [4.69, 9.17) is 0 Å². The average molecular weight is 515 g/mol. The van der Waals surface area contributed by atoms with Gasteiger partial charge in [0, 0.05) is 35.4 Å². The zero-order valence-electron chi connectivity index (χ0n) is 19.4. The first-order valence-corrected chi connectivity index (χ1v) is 13.3. The minimum Gasteiger partial charge on any atom is -0.335 e. The first-order valence-electron chi connectivity index (χ1n) is 12.5. The number of hydrogen-bond donors (Lipinski definition) is 1. The number of benzene rings is 3. The van der Waals surface area contributed by atoms with Gasteiger partial charge in [0.05, 0.1) is 5.54 Å². The van der Waals surface area contributed by atoms with Gasteiger partial charge in [0.2, 0.25) is 6.41 Å². The van der Waals surface area contributed by atoms with Crippen LogP contribution in [0.25, 0.3) is 0 Å². The van der Waals surface area contributed by atoms with Crippen LogP contribution in [-0.2, 0) is 22.2 Å². The Morgan fingerprint density at radius 1 is 1.00 bits per heavy atom. The first kappa shape index (κ1) is 22.1. The maximum Gasteiger partial charge on any atom is 0.210 e. The second kappa shape index (κ2) is 8.66. The molecular formula is C30H31BrN2O. The monoisotopic (exact) mass is 514 g/mol. The molecule has 3 nitrogen and oxygen atoms in total. The molecule has 174 valence electrons. The van der Waals surface area contributed by atoms with Crippen LogP contribution >= 0.6 is 15.9 Å². The van der Waals surface area contributed by atoms with Crippen molar-refractivity contribution >= 4 is 22.3 Å². The molecule has 1 aliphatic carbocycles. The van der Waals surface area contributed by atoms with Crippen LogP contribution in [0.2, 0.25) is 0 Å². The van der Waals surface area contributed by atoms with Crippen molar-refractivity contribution in [3.63, 3.8) is 0 Å². The highest BCUT2D eigenvalue weighted by molar-refractivity contribution is 9.10. The molecule has 2 heterocycles. The Bertz CT molecular complexity index is 1180. The molecule has 4 unspecified atom stereocenters. The fourth-order valence-electron chi connectivity index (χ4n) is 7.45. The van der Waals surface area contributed by atoms with E-state index >= 15 is 0 Å². The molecule has 34 heavy (non-hydrogen) atoms. The van der Waals surface area contributed by atoms with Crippen molar-refractivity contribution in [1.29, 1.82) is 0 Å². The Labute approximate surface area is 210 Å². The highest BCUT2D eigenvalue weighted by Crippen LogP contribution is 2.58. The molecule has 2 fully saturated rings. The number of halogens is 1. The minimum absolute atomic E-state index is 0.0226. The van der Waals surface area contributed by atoms with Crippen molar-refractivity contribution in [3.05, 3.63) is 106 Å². The minimum atomic E-state index is -0.352. The summed E-state index contributed by atoms with van der Waals surface area (Å²) in [6.45, 7) is 2.68. The summed E-state index contributed by atoms with van der Waals surface area (Å²) in [5.74, 6) is 0.730. The fourth-order valence-corrected chi connectivity index (χ4v) is 7.81. The molecule has 2 aliphatic heterocycles. The summed E-state index contributed by atoms with van der Waals surface area (Å²) in [6.07, 6.45) is 5.34. The zero-order chi connectivity index (χ0) is 23.2. The van der Waals surface area contributed by atoms with Gasteiger partial charge >= 0.3 is 0 Å². The normalized spacial score (nSPS) is 30.4. The van der Waals surface area contributed by atoms with Gasteiger partial charge < -0.3 is 10.2 Å². The SMILES string of the molecule is O=CN1CCC(c2ccccc2)CC1(c1ccccc1)C1CNCC12CCc1ccc(Br)cc12. The number of piperidine rings is 1. The van der Waals surface area contributed by atoms with E-state index in [9.17, 15) is 4.79 Å². The Morgan fingerprint density at radius 3 is 2.53 bits per heavy atom. The molecule has 0 bridgehead atoms. The number of fused-ring (bicyclic) bond motifs is 2. The van der Waals surface area contributed by atoms with E-state index in [0.29, 0.717) is 11.8 Å². The lowest BCUT2D eigenvalue weighted by atomic mass is 9.58. The van der Waals surface area contributed by atoms with Crippen LogP contribution in [0.1, 0.15) is 47.4 Å². The topological polar surface area (TPSA) is 32.3 Å². The van der Waals surface area contributed by atoms with Crippen LogP contribution in [0.15, 0.2) is 83.3 Å². The second-order valence-corrected chi connectivity index (χ2v) is 11.2. The Hall–Kier alpha value is -2.43. The van der Waals surface area contributed by atoms with Gasteiger partial charge in [-0.1, -0.05) is 82.7 Å². The number of likely N-dealkylation sites (tertiary alicyclic amines) is 1. The van der Waals surface area contributed by atoms with E-state index in [1.165, 1.54) is 22.3 Å². The highest BCUT2D eigenvalue weighted by Gasteiger charge is 2.60. The van der Waals surface area contributed by atoms with E-state index in [1.54, 1.807) is 0 Å². The van der Waals surface area contributed by atoms with Gasteiger partial charge in [0.1, 0.15) is 0 Å². The van der Waals surface area contributed by atoms with Crippen LogP contribution in [0.4, 0.5) is 0 Å². The summed E-state index contributed by atoms with van der Waals surface area (Å²) in [5, 5.41) is 3.80. The third-order valence-corrected chi connectivity index (χ3v) is 9.43. The van der Waals surface area contributed by atoms with Crippen LogP contribution < -0.4 is 5.32 Å². The van der Waals surface area contributed by atoms with E-state index in [1.807, 2.05) is 0 Å². The van der Waals surface area contributed by atoms with Gasteiger partial charge in [0.15, 0.2) is 0 Å². The van der Waals surface area contributed by atoms with Gasteiger partial charge in [-0.25, -0.2) is 0 Å². The Kier molecular flexibility index (Phi) is 5.62. The standard InChI is InChI=1S/C30H31BrN2O/c31-26-12-11-23-13-15-29(27(23)17-26)20-32-19-28(29)30(25-9-5-2-6-10-25)18-24(14-16-33(30)21-34)22-7-3-1-4-8-22/h1-12,17,21,24,28,32H,13-16,18-20H2. The summed E-state index contributed by atoms with van der Waals surface area (Å²) in [5.41, 5.74) is 5.28. The van der Waals surface area contributed by atoms with Gasteiger partial charge in [-0.15, -0.1) is 0 Å². The molecule has 1 amide bonds. The van der Waals surface area contributed by atoms with Gasteiger partial charge in [-0.05, 0) is 66.0 Å². The van der Waals surface area contributed by atoms with E-state index in [2.05, 4.69) is 105 Å². The Morgan fingerprint density at radius 2 is 1.76 bits per heavy atom. The smallest absolute Gasteiger partial charge is 0.210 e. The summed E-state index contributed by atoms with van der Waals surface area (Å²) >= 11 is 3.75. The maximum atomic E-state index is 12.7. The lowest BCUT2D eigenvalue weighted by molar-refractivity contribution is -0.132. The van der Waals surface area contributed by atoms with Crippen molar-refractivity contribution in [2.24, 2.45) is 5.92 Å². The molecular weight excluding hydrogens is 484 g/mol. The number of hydrogen-bond acceptors (Lipinski definition) is 2. The molecule has 3 aromatic rings. The number of carbonyl (C=O) groups excluding carboxylic acids is 1. The fraction of sp³-hybridized carbons (Fsp3) is 0.367. The van der Waals surface area contributed by atoms with Crippen LogP contribution in [0.3, 0.4) is 0 Å². The number of amides is 1. The van der Waals surface area contributed by atoms with Crippen molar-refractivity contribution in [2.45, 2.75) is 42.6 Å². The van der Waals surface area contributed by atoms with E-state index < -0.39 is 0 Å². The predicted octanol–water partition coefficient (Wildman–Crippen LogP) is 5.78. The van der Waals surface area contributed by atoms with Crippen molar-refractivity contribution in [1.82, 2.24) is 10.2 Å². The number of nitrogens with zero attached hydrogens (tertiary/aromatic N) is 1. The van der Waals surface area contributed by atoms with Crippen molar-refractivity contribution in [2.75, 3.05) is 19.6 Å². The van der Waals surface area contributed by atoms with Crippen molar-refractivity contribution in [3.8, 4) is 0 Å². The molecule has 4 atom stereocenters. The van der Waals surface area contributed by atoms with Crippen LogP contribution in [0.5, 0.6) is 0 Å². The Balaban J connectivity index is 1.54. The number of aryl methyl sites for hydroxylation is 1. The first-order chi connectivity index (χ1) is 16.7. The molecule has 3 aliphatic rings. The third-order valence-electron chi connectivity index (χ3n) is 8.94. The number of carbonyl (C=O) groups is 1. The van der Waals surface area contributed by atoms with Crippen LogP contribution in [0, 0.1) is 5.92 Å². The van der Waals surface area contributed by atoms with Crippen LogP contribution in [-0.4, -0.2) is 30.9 Å². The van der Waals surface area contributed by atoms with Gasteiger partial charge in [-0.2, -0.15) is 0 Å². The number of rotatable bonds is 4. The highest BCUT2D eigenvalue weighted by atomic mass is 79.9. The van der Waals surface area contributed by atoms with Gasteiger partial charge in [0.25, 0.3) is 0 Å². The lowest BCUT2D eigenvalue weighted by Crippen LogP contribution is -2.59. The van der Waals surface area contributed by atoms with Gasteiger partial charge in [-0.3, -0.25) is 4.79 Å². The summed E-state index contributed by atoms with van der Waals surface area (Å²) in [7, 11) is 0. The van der Waals surface area contributed by atoms with E-state index in [0.717, 1.165) is 56.2 Å². The lowest BCUT2D eigenvalue weighted by Gasteiger charge is -2.55. The maximum absolute atomic E-state index is 12.7. The molecule has 6 rings (SSSR count). The third kappa shape index (κ3) is 3.30. The molecule has 4 heteroatoms. The zero-order valence-corrected chi connectivity index (χ0v) is 21.0. The quantitative estimate of drug-likeness (QED) is 0.447. The summed E-state index contributed by atoms with van der Waals surface area (Å²) in [4.78, 5) is 14.9. The molecule has 0 aromatic heterocycles. The summed E-state index contributed by atoms with van der Waals surface area (Å²) < 4.78 is 1.14. The van der Waals surface area contributed by atoms with Crippen molar-refractivity contribution < 1.29 is 4.79 Å². The molecule has 1 N–H and O–H groups in total. The molecule has 3 aromatic carbocycles. The largest absolute Gasteiger partial charge is 0.335 e. The molecule has 1 spiro atoms. The number of nitrogens with one attached hydrogen (secondary N) is 1. The summed E-state index contributed by atoms with van der Waals surface area (Å²) in [6, 6.07) is 28.6. The molecule has 0 saturated carbocycles. The average Bonchev–Trinajstić information content (AvgIpc) is 3.49. The predicted molar refractivity (Wildman–Crippen MR) is 140 cm³/mol.